The third-order valence-electron chi connectivity index (χ3n) is 9.20. The van der Waals surface area contributed by atoms with E-state index in [0.717, 1.165) is 33.0 Å². The molecule has 1 aliphatic heterocycles. The normalized spacial score (nSPS) is 16.1. The molecule has 244 valence electrons. The molecule has 0 fully saturated rings. The number of benzene rings is 6. The van der Waals surface area contributed by atoms with Crippen molar-refractivity contribution < 1.29 is 19.1 Å². The van der Waals surface area contributed by atoms with E-state index in [0.29, 0.717) is 17.8 Å². The Bertz CT molecular complexity index is 2010. The summed E-state index contributed by atoms with van der Waals surface area (Å²) in [7, 11) is 0. The second-order valence-electron chi connectivity index (χ2n) is 12.2. The van der Waals surface area contributed by atoms with Gasteiger partial charge in [-0.2, -0.15) is 0 Å². The molecular formula is C43H38N2O4. The lowest BCUT2D eigenvalue weighted by Crippen LogP contribution is -2.60. The summed E-state index contributed by atoms with van der Waals surface area (Å²) < 4.78 is 12.8. The minimum atomic E-state index is -1.77. The van der Waals surface area contributed by atoms with Crippen LogP contribution in [0.25, 0.3) is 10.8 Å². The minimum absolute atomic E-state index is 0.0829. The van der Waals surface area contributed by atoms with Gasteiger partial charge in [0.15, 0.2) is 5.60 Å². The number of carbonyl (C=O) groups excluding carboxylic acids is 2. The summed E-state index contributed by atoms with van der Waals surface area (Å²) in [4.78, 5) is 31.5. The van der Waals surface area contributed by atoms with Crippen LogP contribution in [-0.2, 0) is 37.8 Å². The monoisotopic (exact) mass is 646 g/mol. The molecule has 1 aliphatic rings. The third kappa shape index (κ3) is 6.24. The zero-order valence-corrected chi connectivity index (χ0v) is 27.4. The highest BCUT2D eigenvalue weighted by Gasteiger charge is 2.60. The van der Waals surface area contributed by atoms with Crippen LogP contribution in [0.15, 0.2) is 158 Å². The van der Waals surface area contributed by atoms with E-state index in [1.807, 2.05) is 140 Å². The fourth-order valence-electron chi connectivity index (χ4n) is 6.90. The number of ether oxygens (including phenoxy) is 2. The lowest BCUT2D eigenvalue weighted by atomic mass is 9.85. The highest BCUT2D eigenvalue weighted by atomic mass is 16.5. The summed E-state index contributed by atoms with van der Waals surface area (Å²) >= 11 is 0. The summed E-state index contributed by atoms with van der Waals surface area (Å²) in [5.74, 6) is -0.898. The summed E-state index contributed by atoms with van der Waals surface area (Å²) in [6.07, 6.45) is 0. The molecule has 0 aliphatic carbocycles. The zero-order chi connectivity index (χ0) is 33.6. The van der Waals surface area contributed by atoms with Crippen molar-refractivity contribution in [1.29, 1.82) is 0 Å². The molecule has 2 atom stereocenters. The van der Waals surface area contributed by atoms with Gasteiger partial charge in [-0.15, -0.1) is 0 Å². The van der Waals surface area contributed by atoms with Crippen molar-refractivity contribution in [1.82, 2.24) is 5.32 Å². The highest BCUT2D eigenvalue weighted by Crippen LogP contribution is 2.47. The molecule has 0 bridgehead atoms. The average molecular weight is 647 g/mol. The predicted octanol–water partition coefficient (Wildman–Crippen LogP) is 8.11. The summed E-state index contributed by atoms with van der Waals surface area (Å²) in [5, 5.41) is 5.72. The van der Waals surface area contributed by atoms with Crippen LogP contribution in [0.2, 0.25) is 0 Å². The molecule has 1 unspecified atom stereocenters. The van der Waals surface area contributed by atoms with Gasteiger partial charge in [0.05, 0.1) is 31.5 Å². The van der Waals surface area contributed by atoms with Crippen molar-refractivity contribution in [2.24, 2.45) is 0 Å². The SMILES string of the molecule is CCOC(=O)C(NC(c1ccccc1)c1ccccc1)[C@]1(OCc2cccc3ccccc23)C(=O)N(Cc2ccccc2)c2ccccc21. The van der Waals surface area contributed by atoms with Gasteiger partial charge in [-0.25, -0.2) is 0 Å². The van der Waals surface area contributed by atoms with Crippen LogP contribution in [0.5, 0.6) is 0 Å². The van der Waals surface area contributed by atoms with Gasteiger partial charge in [-0.1, -0.05) is 152 Å². The van der Waals surface area contributed by atoms with E-state index >= 15 is 4.79 Å². The number of para-hydroxylation sites is 1. The Labute approximate surface area is 286 Å². The third-order valence-corrected chi connectivity index (χ3v) is 9.20. The number of anilines is 1. The van der Waals surface area contributed by atoms with Crippen molar-refractivity contribution in [2.45, 2.75) is 37.8 Å². The van der Waals surface area contributed by atoms with Crippen LogP contribution < -0.4 is 10.2 Å². The molecular weight excluding hydrogens is 608 g/mol. The maximum Gasteiger partial charge on any atom is 0.327 e. The van der Waals surface area contributed by atoms with Gasteiger partial charge in [-0.3, -0.25) is 14.9 Å². The van der Waals surface area contributed by atoms with Gasteiger partial charge in [-0.05, 0) is 46.0 Å². The summed E-state index contributed by atoms with van der Waals surface area (Å²) in [5.41, 5.74) is 3.29. The van der Waals surface area contributed by atoms with Crippen molar-refractivity contribution in [3.63, 3.8) is 0 Å². The molecule has 0 radical (unpaired) electrons. The molecule has 0 aromatic heterocycles. The number of esters is 1. The lowest BCUT2D eigenvalue weighted by molar-refractivity contribution is -0.169. The number of hydrogen-bond acceptors (Lipinski definition) is 5. The van der Waals surface area contributed by atoms with Gasteiger partial charge in [0.25, 0.3) is 5.91 Å². The average Bonchev–Trinajstić information content (AvgIpc) is 3.39. The number of nitrogens with zero attached hydrogens (tertiary/aromatic N) is 1. The van der Waals surface area contributed by atoms with E-state index in [9.17, 15) is 4.79 Å². The molecule has 0 spiro atoms. The molecule has 1 N–H and O–H groups in total. The molecule has 0 saturated carbocycles. The van der Waals surface area contributed by atoms with Crippen LogP contribution in [0.4, 0.5) is 5.69 Å². The molecule has 0 saturated heterocycles. The standard InChI is InChI=1S/C43H38N2O4/c1-2-48-41(46)40(44-39(33-20-8-4-9-21-33)34-22-10-5-11-23-34)43(49-30-35-25-16-24-32-19-12-13-26-36(32)35)37-27-14-15-28-38(37)45(42(43)47)29-31-17-6-3-7-18-31/h3-28,39-40,44H,2,29-30H2,1H3/t40?,43-/m0/s1. The van der Waals surface area contributed by atoms with Crippen LogP contribution >= 0.6 is 0 Å². The van der Waals surface area contributed by atoms with Gasteiger partial charge in [0, 0.05) is 5.56 Å². The number of fused-ring (bicyclic) bond motifs is 2. The minimum Gasteiger partial charge on any atom is -0.465 e. The fourth-order valence-corrected chi connectivity index (χ4v) is 6.90. The summed E-state index contributed by atoms with van der Waals surface area (Å²) in [6.45, 7) is 2.31. The molecule has 6 aromatic rings. The molecule has 49 heavy (non-hydrogen) atoms. The van der Waals surface area contributed by atoms with E-state index in [2.05, 4.69) is 23.5 Å². The Balaban J connectivity index is 1.41. The molecule has 1 heterocycles. The highest BCUT2D eigenvalue weighted by molar-refractivity contribution is 6.10. The van der Waals surface area contributed by atoms with Gasteiger partial charge in [0.1, 0.15) is 6.04 Å². The first-order valence-electron chi connectivity index (χ1n) is 16.7. The molecule has 6 aromatic carbocycles. The zero-order valence-electron chi connectivity index (χ0n) is 27.4. The smallest absolute Gasteiger partial charge is 0.327 e. The molecule has 6 nitrogen and oxygen atoms in total. The Morgan fingerprint density at radius 1 is 0.714 bits per heavy atom. The van der Waals surface area contributed by atoms with Gasteiger partial charge in [0.2, 0.25) is 0 Å². The van der Waals surface area contributed by atoms with Crippen LogP contribution in [0, 0.1) is 0 Å². The van der Waals surface area contributed by atoms with Crippen LogP contribution in [0.1, 0.15) is 40.8 Å². The Morgan fingerprint density at radius 2 is 1.31 bits per heavy atom. The second-order valence-corrected chi connectivity index (χ2v) is 12.2. The van der Waals surface area contributed by atoms with Crippen LogP contribution in [0.3, 0.4) is 0 Å². The van der Waals surface area contributed by atoms with E-state index in [-0.39, 0.29) is 19.1 Å². The predicted molar refractivity (Wildman–Crippen MR) is 193 cm³/mol. The van der Waals surface area contributed by atoms with Crippen molar-refractivity contribution in [3.05, 3.63) is 186 Å². The maximum absolute atomic E-state index is 15.3. The first kappa shape index (κ1) is 32.0. The second kappa shape index (κ2) is 14.3. The number of rotatable bonds is 12. The number of nitrogens with one attached hydrogen (secondary N) is 1. The van der Waals surface area contributed by atoms with Crippen LogP contribution in [-0.4, -0.2) is 24.5 Å². The van der Waals surface area contributed by atoms with E-state index in [4.69, 9.17) is 9.47 Å². The topological polar surface area (TPSA) is 67.9 Å². The van der Waals surface area contributed by atoms with Gasteiger partial charge >= 0.3 is 5.97 Å². The number of carbonyl (C=O) groups is 2. The Morgan fingerprint density at radius 3 is 2.00 bits per heavy atom. The van der Waals surface area contributed by atoms with Crippen molar-refractivity contribution >= 4 is 28.3 Å². The fraction of sp³-hybridized carbons (Fsp3) is 0.163. The van der Waals surface area contributed by atoms with E-state index in [1.165, 1.54) is 0 Å². The largest absolute Gasteiger partial charge is 0.465 e. The molecule has 7 rings (SSSR count). The van der Waals surface area contributed by atoms with E-state index in [1.54, 1.807) is 11.8 Å². The number of hydrogen-bond donors (Lipinski definition) is 1. The summed E-state index contributed by atoms with van der Waals surface area (Å²) in [6, 6.07) is 49.8. The maximum atomic E-state index is 15.3. The molecule has 1 amide bonds. The van der Waals surface area contributed by atoms with Gasteiger partial charge < -0.3 is 14.4 Å². The Hall–Kier alpha value is -5.56. The van der Waals surface area contributed by atoms with E-state index < -0.39 is 23.7 Å². The molecule has 6 heteroatoms. The lowest BCUT2D eigenvalue weighted by Gasteiger charge is -2.38. The number of amides is 1. The first-order valence-corrected chi connectivity index (χ1v) is 16.7. The van der Waals surface area contributed by atoms with Crippen molar-refractivity contribution in [3.8, 4) is 0 Å². The first-order chi connectivity index (χ1) is 24.1. The quantitative estimate of drug-likeness (QED) is 0.136. The van der Waals surface area contributed by atoms with Crippen molar-refractivity contribution in [2.75, 3.05) is 11.5 Å². The Kier molecular flexibility index (Phi) is 9.33.